The van der Waals surface area contributed by atoms with E-state index >= 15 is 0 Å². The van der Waals surface area contributed by atoms with Gasteiger partial charge in [-0.3, -0.25) is 15.0 Å². The van der Waals surface area contributed by atoms with E-state index in [1.807, 2.05) is 30.5 Å². The molecule has 2 aromatic rings. The number of hydrogen-bond donors (Lipinski definition) is 5. The van der Waals surface area contributed by atoms with Crippen LogP contribution in [-0.2, 0) is 19.6 Å². The van der Waals surface area contributed by atoms with E-state index < -0.39 is 28.5 Å². The van der Waals surface area contributed by atoms with Gasteiger partial charge >= 0.3 is 0 Å². The summed E-state index contributed by atoms with van der Waals surface area (Å²) in [5.41, 5.74) is 5.23. The Hall–Kier alpha value is -2.83. The van der Waals surface area contributed by atoms with E-state index in [0.29, 0.717) is 32.5 Å². The minimum Gasteiger partial charge on any atom is -0.370 e. The van der Waals surface area contributed by atoms with Gasteiger partial charge in [-0.15, -0.1) is 0 Å². The van der Waals surface area contributed by atoms with E-state index in [9.17, 15) is 18.0 Å². The van der Waals surface area contributed by atoms with Crippen LogP contribution in [-0.4, -0.2) is 74.8 Å². The van der Waals surface area contributed by atoms with E-state index in [1.54, 1.807) is 23.9 Å². The van der Waals surface area contributed by atoms with Gasteiger partial charge < -0.3 is 21.3 Å². The van der Waals surface area contributed by atoms with Crippen LogP contribution >= 0.6 is 11.8 Å². The summed E-state index contributed by atoms with van der Waals surface area (Å²) in [5, 5.41) is 14.5. The van der Waals surface area contributed by atoms with Gasteiger partial charge in [0.1, 0.15) is 6.04 Å². The SMILES string of the molecule is CS[C@H]1C[C@@H](C(=O)NCCCCNC(=N)N)N(C(=O)CNS(=O)(=O)c2ccc3ccccc3c2)C1. The molecule has 6 N–H and O–H groups in total. The van der Waals surface area contributed by atoms with Crippen molar-refractivity contribution >= 4 is 50.3 Å². The molecule has 190 valence electrons. The molecule has 12 heteroatoms. The molecule has 35 heavy (non-hydrogen) atoms. The smallest absolute Gasteiger partial charge is 0.242 e. The first-order valence-electron chi connectivity index (χ1n) is 11.4. The molecule has 0 saturated carbocycles. The minimum absolute atomic E-state index is 0.0842. The molecule has 0 spiro atoms. The van der Waals surface area contributed by atoms with Crippen LogP contribution in [0.1, 0.15) is 19.3 Å². The summed E-state index contributed by atoms with van der Waals surface area (Å²) in [6.45, 7) is 0.954. The van der Waals surface area contributed by atoms with Crippen LogP contribution in [0.4, 0.5) is 0 Å². The summed E-state index contributed by atoms with van der Waals surface area (Å²) in [6, 6.07) is 11.6. The van der Waals surface area contributed by atoms with Crippen molar-refractivity contribution in [3.8, 4) is 0 Å². The van der Waals surface area contributed by atoms with Gasteiger partial charge in [-0.25, -0.2) is 13.1 Å². The molecule has 0 aromatic heterocycles. The third kappa shape index (κ3) is 7.33. The van der Waals surface area contributed by atoms with Gasteiger partial charge in [0.2, 0.25) is 21.8 Å². The fourth-order valence-corrected chi connectivity index (χ4v) is 5.66. The molecule has 10 nitrogen and oxygen atoms in total. The lowest BCUT2D eigenvalue weighted by atomic mass is 10.1. The number of guanidine groups is 1. The predicted octanol–water partition coefficient (Wildman–Crippen LogP) is 0.830. The minimum atomic E-state index is -3.90. The van der Waals surface area contributed by atoms with Gasteiger partial charge in [0.15, 0.2) is 5.96 Å². The number of nitrogens with zero attached hydrogens (tertiary/aromatic N) is 1. The molecule has 3 rings (SSSR count). The third-order valence-electron chi connectivity index (χ3n) is 5.88. The predicted molar refractivity (Wildman–Crippen MR) is 139 cm³/mol. The van der Waals surface area contributed by atoms with E-state index in [-0.39, 0.29) is 22.0 Å². The van der Waals surface area contributed by atoms with Crippen molar-refractivity contribution in [3.63, 3.8) is 0 Å². The molecule has 2 aromatic carbocycles. The molecule has 0 radical (unpaired) electrons. The highest BCUT2D eigenvalue weighted by molar-refractivity contribution is 7.99. The fraction of sp³-hybridized carbons (Fsp3) is 0.435. The van der Waals surface area contributed by atoms with Crippen molar-refractivity contribution in [3.05, 3.63) is 42.5 Å². The summed E-state index contributed by atoms with van der Waals surface area (Å²) in [4.78, 5) is 27.3. The second-order valence-corrected chi connectivity index (χ2v) is 11.2. The fourth-order valence-electron chi connectivity index (χ4n) is 3.97. The Labute approximate surface area is 209 Å². The number of hydrogen-bond acceptors (Lipinski definition) is 6. The zero-order valence-electron chi connectivity index (χ0n) is 19.6. The lowest BCUT2D eigenvalue weighted by molar-refractivity contribution is -0.137. The standard InChI is InChI=1S/C23H32N6O4S2/c1-34-18-13-20(22(31)26-10-4-5-11-27-23(24)25)29(15-18)21(30)14-28-35(32,33)19-9-8-16-6-2-3-7-17(16)12-19/h2-3,6-9,12,18,20,28H,4-5,10-11,13-15H2,1H3,(H,26,31)(H4,24,25,27)/t18-,20-/m0/s1. The van der Waals surface area contributed by atoms with Crippen molar-refractivity contribution < 1.29 is 18.0 Å². The molecule has 1 saturated heterocycles. The highest BCUT2D eigenvalue weighted by Crippen LogP contribution is 2.26. The third-order valence-corrected chi connectivity index (χ3v) is 8.29. The number of sulfonamides is 1. The van der Waals surface area contributed by atoms with Gasteiger partial charge in [-0.05, 0) is 48.4 Å². The first-order valence-corrected chi connectivity index (χ1v) is 14.1. The number of likely N-dealkylation sites (tertiary alicyclic amines) is 1. The molecule has 2 atom stereocenters. The Bertz CT molecular complexity index is 1170. The maximum absolute atomic E-state index is 13.0. The Morgan fingerprint density at radius 3 is 2.49 bits per heavy atom. The molecule has 0 unspecified atom stereocenters. The van der Waals surface area contributed by atoms with Crippen LogP contribution in [0, 0.1) is 5.41 Å². The van der Waals surface area contributed by atoms with Crippen molar-refractivity contribution in [2.45, 2.75) is 35.4 Å². The molecule has 1 aliphatic heterocycles. The van der Waals surface area contributed by atoms with Gasteiger partial charge in [-0.2, -0.15) is 11.8 Å². The van der Waals surface area contributed by atoms with Crippen LogP contribution < -0.4 is 21.1 Å². The van der Waals surface area contributed by atoms with Gasteiger partial charge in [0, 0.05) is 24.9 Å². The zero-order valence-corrected chi connectivity index (χ0v) is 21.3. The van der Waals surface area contributed by atoms with Crippen molar-refractivity contribution in [1.82, 2.24) is 20.3 Å². The monoisotopic (exact) mass is 520 g/mol. The summed E-state index contributed by atoms with van der Waals surface area (Å²) >= 11 is 1.58. The molecule has 1 aliphatic rings. The summed E-state index contributed by atoms with van der Waals surface area (Å²) in [5.74, 6) is -0.767. The number of carbonyl (C=O) groups excluding carboxylic acids is 2. The molecular formula is C23H32N6O4S2. The van der Waals surface area contributed by atoms with Gasteiger partial charge in [-0.1, -0.05) is 30.3 Å². The van der Waals surface area contributed by atoms with Crippen LogP contribution in [0.15, 0.2) is 47.4 Å². The van der Waals surface area contributed by atoms with E-state index in [1.165, 1.54) is 11.0 Å². The highest BCUT2D eigenvalue weighted by atomic mass is 32.2. The Morgan fingerprint density at radius 1 is 1.11 bits per heavy atom. The molecule has 2 amide bonds. The first-order chi connectivity index (χ1) is 16.7. The quantitative estimate of drug-likeness (QED) is 0.167. The van der Waals surface area contributed by atoms with E-state index in [2.05, 4.69) is 15.4 Å². The molecule has 0 aliphatic carbocycles. The van der Waals surface area contributed by atoms with Crippen LogP contribution in [0.5, 0.6) is 0 Å². The number of amides is 2. The number of nitrogens with one attached hydrogen (secondary N) is 4. The highest BCUT2D eigenvalue weighted by Gasteiger charge is 2.39. The topological polar surface area (TPSA) is 157 Å². The zero-order chi connectivity index (χ0) is 25.4. The number of unbranched alkanes of at least 4 members (excludes halogenated alkanes) is 1. The Morgan fingerprint density at radius 2 is 1.80 bits per heavy atom. The lowest BCUT2D eigenvalue weighted by Gasteiger charge is -2.24. The summed E-state index contributed by atoms with van der Waals surface area (Å²) < 4.78 is 28.0. The average molecular weight is 521 g/mol. The molecule has 0 bridgehead atoms. The van der Waals surface area contributed by atoms with Crippen LogP contribution in [0.2, 0.25) is 0 Å². The van der Waals surface area contributed by atoms with Crippen molar-refractivity contribution in [1.29, 1.82) is 5.41 Å². The molecular weight excluding hydrogens is 488 g/mol. The Balaban J connectivity index is 1.57. The largest absolute Gasteiger partial charge is 0.370 e. The second kappa shape index (κ2) is 12.2. The summed E-state index contributed by atoms with van der Waals surface area (Å²) in [7, 11) is -3.90. The summed E-state index contributed by atoms with van der Waals surface area (Å²) in [6.07, 6.45) is 3.88. The number of carbonyl (C=O) groups is 2. The molecule has 1 fully saturated rings. The van der Waals surface area contributed by atoms with Crippen molar-refractivity contribution in [2.24, 2.45) is 5.73 Å². The van der Waals surface area contributed by atoms with Gasteiger partial charge in [0.25, 0.3) is 0 Å². The number of rotatable bonds is 11. The van der Waals surface area contributed by atoms with Gasteiger partial charge in [0.05, 0.1) is 11.4 Å². The van der Waals surface area contributed by atoms with E-state index in [0.717, 1.165) is 17.2 Å². The number of benzene rings is 2. The van der Waals surface area contributed by atoms with Crippen LogP contribution in [0.3, 0.4) is 0 Å². The van der Waals surface area contributed by atoms with Crippen molar-refractivity contribution in [2.75, 3.05) is 32.4 Å². The maximum Gasteiger partial charge on any atom is 0.242 e. The number of fused-ring (bicyclic) bond motifs is 1. The maximum atomic E-state index is 13.0. The number of thioether (sulfide) groups is 1. The van der Waals surface area contributed by atoms with E-state index in [4.69, 9.17) is 11.1 Å². The van der Waals surface area contributed by atoms with Crippen LogP contribution in [0.25, 0.3) is 10.8 Å². The normalized spacial score (nSPS) is 17.9. The number of nitrogens with two attached hydrogens (primary N) is 1. The Kier molecular flexibility index (Phi) is 9.35. The second-order valence-electron chi connectivity index (χ2n) is 8.33. The first kappa shape index (κ1) is 26.8. The molecule has 1 heterocycles. The lowest BCUT2D eigenvalue weighted by Crippen LogP contribution is -2.49. The average Bonchev–Trinajstić information content (AvgIpc) is 3.29.